The van der Waals surface area contributed by atoms with Crippen LogP contribution in [-0.4, -0.2) is 45.7 Å². The van der Waals surface area contributed by atoms with Gasteiger partial charge in [-0.1, -0.05) is 0 Å². The maximum atomic E-state index is 11.0. The molecule has 4 nitrogen and oxygen atoms in total. The Kier molecular flexibility index (Phi) is 3.61. The first-order chi connectivity index (χ1) is 6.43. The second kappa shape index (κ2) is 4.36. The van der Waals surface area contributed by atoms with Gasteiger partial charge in [-0.05, 0) is 37.0 Å². The lowest BCUT2D eigenvalue weighted by Gasteiger charge is -2.42. The highest BCUT2D eigenvalue weighted by molar-refractivity contribution is 6.63. The van der Waals surface area contributed by atoms with Crippen molar-refractivity contribution in [2.75, 3.05) is 13.1 Å². The van der Waals surface area contributed by atoms with Crippen LogP contribution in [0.5, 0.6) is 0 Å². The molecule has 2 unspecified atom stereocenters. The molecular formula is C8H12Cl2N2O2. The van der Waals surface area contributed by atoms with Gasteiger partial charge in [0.05, 0.1) is 0 Å². The van der Waals surface area contributed by atoms with Gasteiger partial charge in [0.1, 0.15) is 0 Å². The van der Waals surface area contributed by atoms with Gasteiger partial charge in [-0.25, -0.2) is 0 Å². The molecule has 0 aromatic heterocycles. The molecule has 0 radical (unpaired) electrons. The molecule has 0 spiro atoms. The Morgan fingerprint density at radius 1 is 1.00 bits per heavy atom. The Bertz CT molecular complexity index is 234. The van der Waals surface area contributed by atoms with E-state index in [1.807, 2.05) is 13.8 Å². The summed E-state index contributed by atoms with van der Waals surface area (Å²) in [5.74, 6) is 0. The highest BCUT2D eigenvalue weighted by atomic mass is 35.5. The van der Waals surface area contributed by atoms with Gasteiger partial charge in [0.25, 0.3) is 0 Å². The number of rotatable bonds is 0. The zero-order chi connectivity index (χ0) is 10.9. The third-order valence-corrected chi connectivity index (χ3v) is 2.87. The third-order valence-electron chi connectivity index (χ3n) is 2.44. The minimum absolute atomic E-state index is 0.0844. The van der Waals surface area contributed by atoms with E-state index in [1.165, 1.54) is 9.80 Å². The van der Waals surface area contributed by atoms with Crippen LogP contribution in [0.25, 0.3) is 0 Å². The summed E-state index contributed by atoms with van der Waals surface area (Å²) >= 11 is 10.8. The third kappa shape index (κ3) is 2.30. The van der Waals surface area contributed by atoms with Crippen molar-refractivity contribution in [1.82, 2.24) is 9.80 Å². The van der Waals surface area contributed by atoms with Gasteiger partial charge in [0.2, 0.25) is 0 Å². The summed E-state index contributed by atoms with van der Waals surface area (Å²) in [6.07, 6.45) is 0. The Hall–Kier alpha value is -0.480. The fourth-order valence-electron chi connectivity index (χ4n) is 1.62. The van der Waals surface area contributed by atoms with Gasteiger partial charge in [-0.15, -0.1) is 0 Å². The predicted octanol–water partition coefficient (Wildman–Crippen LogP) is 2.10. The molecule has 0 bridgehead atoms. The molecule has 2 amide bonds. The van der Waals surface area contributed by atoms with Crippen LogP contribution in [0.1, 0.15) is 13.8 Å². The minimum Gasteiger partial charge on any atom is -0.323 e. The molecule has 1 heterocycles. The zero-order valence-electron chi connectivity index (χ0n) is 8.04. The normalized spacial score (nSPS) is 27.7. The summed E-state index contributed by atoms with van der Waals surface area (Å²) in [7, 11) is 0. The molecule has 1 aliphatic heterocycles. The highest BCUT2D eigenvalue weighted by Crippen LogP contribution is 2.18. The first-order valence-corrected chi connectivity index (χ1v) is 5.11. The van der Waals surface area contributed by atoms with Crippen molar-refractivity contribution >= 4 is 33.9 Å². The van der Waals surface area contributed by atoms with Crippen LogP contribution in [0.3, 0.4) is 0 Å². The number of piperazine rings is 1. The van der Waals surface area contributed by atoms with Crippen molar-refractivity contribution < 1.29 is 9.59 Å². The summed E-state index contributed by atoms with van der Waals surface area (Å²) in [6, 6.07) is -0.169. The molecule has 0 aliphatic carbocycles. The fraction of sp³-hybridized carbons (Fsp3) is 0.750. The summed E-state index contributed by atoms with van der Waals surface area (Å²) in [5.41, 5.74) is 0. The van der Waals surface area contributed by atoms with Gasteiger partial charge in [0.15, 0.2) is 0 Å². The summed E-state index contributed by atoms with van der Waals surface area (Å²) in [6.45, 7) is 4.53. The molecule has 0 aromatic carbocycles. The van der Waals surface area contributed by atoms with Crippen LogP contribution < -0.4 is 0 Å². The number of carbonyl (C=O) groups excluding carboxylic acids is 2. The second-order valence-electron chi connectivity index (χ2n) is 3.51. The van der Waals surface area contributed by atoms with Gasteiger partial charge >= 0.3 is 10.7 Å². The maximum Gasteiger partial charge on any atom is 0.316 e. The van der Waals surface area contributed by atoms with Gasteiger partial charge in [-0.3, -0.25) is 9.59 Å². The molecule has 14 heavy (non-hydrogen) atoms. The van der Waals surface area contributed by atoms with Crippen molar-refractivity contribution in [2.45, 2.75) is 25.9 Å². The van der Waals surface area contributed by atoms with E-state index >= 15 is 0 Å². The van der Waals surface area contributed by atoms with E-state index in [9.17, 15) is 9.59 Å². The molecule has 80 valence electrons. The van der Waals surface area contributed by atoms with Crippen molar-refractivity contribution in [3.05, 3.63) is 0 Å². The van der Waals surface area contributed by atoms with Crippen LogP contribution in [-0.2, 0) is 0 Å². The lowest BCUT2D eigenvalue weighted by Crippen LogP contribution is -2.57. The number of nitrogens with zero attached hydrogens (tertiary/aromatic N) is 2. The van der Waals surface area contributed by atoms with E-state index in [-0.39, 0.29) is 12.1 Å². The summed E-state index contributed by atoms with van der Waals surface area (Å²) in [4.78, 5) is 25.0. The molecule has 2 atom stereocenters. The molecule has 0 N–H and O–H groups in total. The zero-order valence-corrected chi connectivity index (χ0v) is 9.55. The lowest BCUT2D eigenvalue weighted by atomic mass is 10.1. The number of amides is 2. The molecule has 6 heteroatoms. The Morgan fingerprint density at radius 2 is 1.29 bits per heavy atom. The molecule has 1 rings (SSSR count). The quantitative estimate of drug-likeness (QED) is 0.479. The number of carbonyl (C=O) groups is 2. The van der Waals surface area contributed by atoms with Crippen molar-refractivity contribution in [3.63, 3.8) is 0 Å². The molecular weight excluding hydrogens is 227 g/mol. The molecule has 0 aromatic rings. The topological polar surface area (TPSA) is 40.6 Å². The largest absolute Gasteiger partial charge is 0.323 e. The molecule has 0 saturated carbocycles. The number of halogens is 2. The second-order valence-corrected chi connectivity index (χ2v) is 4.16. The standard InChI is InChI=1S/C8H12Cl2N2O2/c1-5-3-12(8(10)14)6(2)4-11(5)7(9)13/h5-6H,3-4H2,1-2H3. The van der Waals surface area contributed by atoms with Crippen molar-refractivity contribution in [3.8, 4) is 0 Å². The van der Waals surface area contributed by atoms with Crippen molar-refractivity contribution in [1.29, 1.82) is 0 Å². The van der Waals surface area contributed by atoms with E-state index in [4.69, 9.17) is 23.2 Å². The van der Waals surface area contributed by atoms with Gasteiger partial charge in [-0.2, -0.15) is 0 Å². The highest BCUT2D eigenvalue weighted by Gasteiger charge is 2.32. The lowest BCUT2D eigenvalue weighted by molar-refractivity contribution is 0.100. The Morgan fingerprint density at radius 3 is 1.50 bits per heavy atom. The number of hydrogen-bond donors (Lipinski definition) is 0. The first-order valence-electron chi connectivity index (χ1n) is 4.35. The van der Waals surface area contributed by atoms with Crippen LogP contribution >= 0.6 is 23.2 Å². The Labute approximate surface area is 92.7 Å². The van der Waals surface area contributed by atoms with E-state index < -0.39 is 10.7 Å². The van der Waals surface area contributed by atoms with Crippen LogP contribution in [0.4, 0.5) is 9.59 Å². The average Bonchev–Trinajstić information content (AvgIpc) is 2.07. The van der Waals surface area contributed by atoms with Crippen LogP contribution in [0.2, 0.25) is 0 Å². The monoisotopic (exact) mass is 238 g/mol. The fourth-order valence-corrected chi connectivity index (χ4v) is 2.09. The minimum atomic E-state index is -0.481. The number of hydrogen-bond acceptors (Lipinski definition) is 2. The summed E-state index contributed by atoms with van der Waals surface area (Å²) in [5, 5.41) is -0.961. The van der Waals surface area contributed by atoms with E-state index in [1.54, 1.807) is 0 Å². The van der Waals surface area contributed by atoms with Gasteiger partial charge in [0, 0.05) is 25.2 Å². The van der Waals surface area contributed by atoms with Gasteiger partial charge < -0.3 is 9.80 Å². The predicted molar refractivity (Wildman–Crippen MR) is 54.8 cm³/mol. The average molecular weight is 239 g/mol. The SMILES string of the molecule is CC1CN(C(=O)Cl)C(C)CN1C(=O)Cl. The molecule has 1 aliphatic rings. The van der Waals surface area contributed by atoms with Crippen LogP contribution in [0, 0.1) is 0 Å². The maximum absolute atomic E-state index is 11.0. The van der Waals surface area contributed by atoms with Crippen molar-refractivity contribution in [2.24, 2.45) is 0 Å². The van der Waals surface area contributed by atoms with Crippen LogP contribution in [0.15, 0.2) is 0 Å². The van der Waals surface area contributed by atoms with E-state index in [0.29, 0.717) is 13.1 Å². The van der Waals surface area contributed by atoms with E-state index in [2.05, 4.69) is 0 Å². The van der Waals surface area contributed by atoms with E-state index in [0.717, 1.165) is 0 Å². The molecule has 1 fully saturated rings. The smallest absolute Gasteiger partial charge is 0.316 e. The first kappa shape index (κ1) is 11.6. The summed E-state index contributed by atoms with van der Waals surface area (Å²) < 4.78 is 0. The Balaban J connectivity index is 2.71. The molecule has 1 saturated heterocycles.